The zero-order valence-electron chi connectivity index (χ0n) is 22.4. The van der Waals surface area contributed by atoms with Crippen molar-refractivity contribution in [3.63, 3.8) is 0 Å². The zero-order valence-corrected chi connectivity index (χ0v) is 23.2. The number of thiophene rings is 1. The number of nitrogens with one attached hydrogen (secondary N) is 1. The molecule has 1 aliphatic rings. The highest BCUT2D eigenvalue weighted by Crippen LogP contribution is 2.35. The molecule has 1 fully saturated rings. The van der Waals surface area contributed by atoms with Crippen LogP contribution in [0.1, 0.15) is 55.9 Å². The summed E-state index contributed by atoms with van der Waals surface area (Å²) in [5.74, 6) is 1.75. The van der Waals surface area contributed by atoms with Gasteiger partial charge in [0.25, 0.3) is 5.56 Å². The van der Waals surface area contributed by atoms with Crippen LogP contribution in [0.25, 0.3) is 10.9 Å². The highest BCUT2D eigenvalue weighted by molar-refractivity contribution is 7.09. The van der Waals surface area contributed by atoms with E-state index < -0.39 is 11.6 Å². The van der Waals surface area contributed by atoms with Gasteiger partial charge in [0.1, 0.15) is 6.04 Å². The van der Waals surface area contributed by atoms with Gasteiger partial charge in [-0.05, 0) is 67.6 Å². The molecule has 0 saturated carbocycles. The standard InChI is InChI=1S/C27H34N6O4S/c1-27(2,3)33-25(29-30-31-33)24(32(15-18-8-6-10-37-18)16-19-9-7-11-38-19)20-12-17-13-22(35-4)23(36-5)14-21(17)28-26(20)34/h7,9,11-14,18,24H,6,8,10,15-16H2,1-5H3,(H,28,34)/t18-,24+/m0/s1. The van der Waals surface area contributed by atoms with Gasteiger partial charge in [0.2, 0.25) is 0 Å². The van der Waals surface area contributed by atoms with E-state index in [2.05, 4.69) is 57.6 Å². The molecular weight excluding hydrogens is 504 g/mol. The lowest BCUT2D eigenvalue weighted by Gasteiger charge is -2.34. The van der Waals surface area contributed by atoms with Crippen molar-refractivity contribution in [3.05, 3.63) is 62.3 Å². The Morgan fingerprint density at radius 2 is 2.03 bits per heavy atom. The van der Waals surface area contributed by atoms with Crippen molar-refractivity contribution in [2.24, 2.45) is 0 Å². The van der Waals surface area contributed by atoms with Crippen LogP contribution in [0.2, 0.25) is 0 Å². The fourth-order valence-corrected chi connectivity index (χ4v) is 5.74. The molecule has 11 heteroatoms. The van der Waals surface area contributed by atoms with Gasteiger partial charge in [-0.1, -0.05) is 6.07 Å². The minimum Gasteiger partial charge on any atom is -0.493 e. The van der Waals surface area contributed by atoms with E-state index in [1.165, 1.54) is 4.88 Å². The summed E-state index contributed by atoms with van der Waals surface area (Å²) in [5, 5.41) is 15.8. The van der Waals surface area contributed by atoms with E-state index in [1.807, 2.05) is 22.9 Å². The molecule has 0 amide bonds. The van der Waals surface area contributed by atoms with Gasteiger partial charge in [-0.3, -0.25) is 9.69 Å². The van der Waals surface area contributed by atoms with Crippen LogP contribution >= 0.6 is 11.3 Å². The lowest BCUT2D eigenvalue weighted by molar-refractivity contribution is 0.0569. The molecular formula is C27H34N6O4S. The maximum absolute atomic E-state index is 13.8. The summed E-state index contributed by atoms with van der Waals surface area (Å²) in [7, 11) is 3.17. The van der Waals surface area contributed by atoms with Crippen molar-refractivity contribution in [1.82, 2.24) is 30.1 Å². The van der Waals surface area contributed by atoms with Crippen molar-refractivity contribution in [2.45, 2.75) is 57.8 Å². The molecule has 1 saturated heterocycles. The summed E-state index contributed by atoms with van der Waals surface area (Å²) in [6.07, 6.45) is 2.07. The van der Waals surface area contributed by atoms with Crippen LogP contribution in [0.5, 0.6) is 11.5 Å². The Hall–Kier alpha value is -3.28. The molecule has 0 bridgehead atoms. The second-order valence-electron chi connectivity index (χ2n) is 10.5. The number of ether oxygens (including phenoxy) is 3. The van der Waals surface area contributed by atoms with Crippen LogP contribution in [-0.2, 0) is 16.8 Å². The first-order valence-electron chi connectivity index (χ1n) is 12.7. The number of pyridine rings is 1. The molecule has 4 aromatic rings. The monoisotopic (exact) mass is 538 g/mol. The van der Waals surface area contributed by atoms with Crippen LogP contribution in [-0.4, -0.2) is 63.6 Å². The van der Waals surface area contributed by atoms with Crippen molar-refractivity contribution in [2.75, 3.05) is 27.4 Å². The van der Waals surface area contributed by atoms with Crippen molar-refractivity contribution in [3.8, 4) is 11.5 Å². The van der Waals surface area contributed by atoms with E-state index in [4.69, 9.17) is 14.2 Å². The molecule has 38 heavy (non-hydrogen) atoms. The van der Waals surface area contributed by atoms with Crippen LogP contribution in [0, 0.1) is 0 Å². The van der Waals surface area contributed by atoms with Gasteiger partial charge in [0.15, 0.2) is 17.3 Å². The third kappa shape index (κ3) is 5.31. The number of tetrazole rings is 1. The highest BCUT2D eigenvalue weighted by Gasteiger charge is 2.35. The normalized spacial score (nSPS) is 16.8. The van der Waals surface area contributed by atoms with E-state index in [9.17, 15) is 4.79 Å². The minimum absolute atomic E-state index is 0.0697. The molecule has 1 aromatic carbocycles. The molecule has 2 atom stereocenters. The summed E-state index contributed by atoms with van der Waals surface area (Å²) >= 11 is 1.69. The Labute approximate surface area is 225 Å². The predicted molar refractivity (Wildman–Crippen MR) is 146 cm³/mol. The molecule has 1 aliphatic heterocycles. The molecule has 0 aliphatic carbocycles. The number of fused-ring (bicyclic) bond motifs is 1. The van der Waals surface area contributed by atoms with Crippen LogP contribution in [0.15, 0.2) is 40.5 Å². The molecule has 0 spiro atoms. The first-order valence-corrected chi connectivity index (χ1v) is 13.6. The van der Waals surface area contributed by atoms with Gasteiger partial charge in [-0.25, -0.2) is 4.68 Å². The van der Waals surface area contributed by atoms with Gasteiger partial charge in [0.05, 0.1) is 31.4 Å². The van der Waals surface area contributed by atoms with Gasteiger partial charge >= 0.3 is 0 Å². The number of hydrogen-bond donors (Lipinski definition) is 1. The Morgan fingerprint density at radius 3 is 2.68 bits per heavy atom. The van der Waals surface area contributed by atoms with Crippen LogP contribution in [0.3, 0.4) is 0 Å². The van der Waals surface area contributed by atoms with E-state index >= 15 is 0 Å². The Balaban J connectivity index is 1.70. The van der Waals surface area contributed by atoms with Gasteiger partial charge in [-0.15, -0.1) is 16.4 Å². The van der Waals surface area contributed by atoms with E-state index in [0.29, 0.717) is 41.5 Å². The number of nitrogens with zero attached hydrogens (tertiary/aromatic N) is 5. The largest absolute Gasteiger partial charge is 0.493 e. The third-order valence-corrected chi connectivity index (χ3v) is 7.67. The maximum Gasteiger partial charge on any atom is 0.253 e. The first kappa shape index (κ1) is 26.3. The molecule has 3 aromatic heterocycles. The molecule has 4 heterocycles. The van der Waals surface area contributed by atoms with E-state index in [0.717, 1.165) is 24.8 Å². The van der Waals surface area contributed by atoms with E-state index in [1.54, 1.807) is 31.6 Å². The summed E-state index contributed by atoms with van der Waals surface area (Å²) in [6.45, 7) is 8.17. The van der Waals surface area contributed by atoms with Crippen molar-refractivity contribution in [1.29, 1.82) is 0 Å². The third-order valence-electron chi connectivity index (χ3n) is 6.81. The number of aromatic nitrogens is 5. The first-order chi connectivity index (χ1) is 18.3. The fraction of sp³-hybridized carbons (Fsp3) is 0.481. The molecule has 202 valence electrons. The number of H-pyrrole nitrogens is 1. The smallest absolute Gasteiger partial charge is 0.253 e. The SMILES string of the molecule is COc1cc2cc([C@H](c3nnnn3C(C)(C)C)N(Cc3cccs3)C[C@@H]3CCCO3)c(=O)[nH]c2cc1OC. The lowest BCUT2D eigenvalue weighted by Crippen LogP contribution is -2.40. The average molecular weight is 539 g/mol. The van der Waals surface area contributed by atoms with E-state index in [-0.39, 0.29) is 11.7 Å². The van der Waals surface area contributed by atoms with Crippen molar-refractivity contribution >= 4 is 22.2 Å². The molecule has 1 N–H and O–H groups in total. The van der Waals surface area contributed by atoms with Gasteiger partial charge in [-0.2, -0.15) is 0 Å². The highest BCUT2D eigenvalue weighted by atomic mass is 32.1. The minimum atomic E-state index is -0.517. The molecule has 5 rings (SSSR count). The second-order valence-corrected chi connectivity index (χ2v) is 11.5. The number of aromatic amines is 1. The summed E-state index contributed by atoms with van der Waals surface area (Å²) in [4.78, 5) is 20.3. The molecule has 0 unspecified atom stereocenters. The topological polar surface area (TPSA) is 107 Å². The number of benzene rings is 1. The molecule has 0 radical (unpaired) electrons. The average Bonchev–Trinajstić information content (AvgIpc) is 3.67. The van der Waals surface area contributed by atoms with Crippen LogP contribution < -0.4 is 15.0 Å². The van der Waals surface area contributed by atoms with Crippen molar-refractivity contribution < 1.29 is 14.2 Å². The lowest BCUT2D eigenvalue weighted by atomic mass is 10.0. The fourth-order valence-electron chi connectivity index (χ4n) is 5.01. The maximum atomic E-state index is 13.8. The zero-order chi connectivity index (χ0) is 26.9. The van der Waals surface area contributed by atoms with Crippen LogP contribution in [0.4, 0.5) is 0 Å². The summed E-state index contributed by atoms with van der Waals surface area (Å²) in [6, 6.07) is 9.21. The van der Waals surface area contributed by atoms with Gasteiger partial charge < -0.3 is 19.2 Å². The predicted octanol–water partition coefficient (Wildman–Crippen LogP) is 4.12. The Bertz CT molecular complexity index is 1440. The van der Waals surface area contributed by atoms with Gasteiger partial charge in [0, 0.05) is 41.6 Å². The summed E-state index contributed by atoms with van der Waals surface area (Å²) in [5.41, 5.74) is 0.617. The Morgan fingerprint density at radius 1 is 1.24 bits per heavy atom. The molecule has 10 nitrogen and oxygen atoms in total. The summed E-state index contributed by atoms with van der Waals surface area (Å²) < 4.78 is 18.8. The quantitative estimate of drug-likeness (QED) is 0.339. The number of methoxy groups -OCH3 is 2. The Kier molecular flexibility index (Phi) is 7.51. The number of rotatable bonds is 9. The second kappa shape index (κ2) is 10.8. The number of hydrogen-bond acceptors (Lipinski definition) is 9.